The smallest absolute Gasteiger partial charge is 0.241 e. The van der Waals surface area contributed by atoms with Crippen LogP contribution in [0.25, 0.3) is 11.4 Å². The summed E-state index contributed by atoms with van der Waals surface area (Å²) in [5, 5.41) is 5.39. The summed E-state index contributed by atoms with van der Waals surface area (Å²) in [5.41, 5.74) is 1.85. The second kappa shape index (κ2) is 9.10. The Morgan fingerprint density at radius 1 is 1.03 bits per heavy atom. The minimum Gasteiger partial charge on any atom is -0.492 e. The van der Waals surface area contributed by atoms with Gasteiger partial charge in [-0.05, 0) is 54.4 Å². The molecule has 1 atom stereocenters. The van der Waals surface area contributed by atoms with Gasteiger partial charge in [0, 0.05) is 41.8 Å². The Balaban J connectivity index is 1.14. The Labute approximate surface area is 195 Å². The lowest BCUT2D eigenvalue weighted by Gasteiger charge is -2.36. The van der Waals surface area contributed by atoms with Gasteiger partial charge in [-0.15, -0.1) is 0 Å². The molecule has 3 heterocycles. The molecule has 0 bridgehead atoms. The van der Waals surface area contributed by atoms with Crippen molar-refractivity contribution < 1.29 is 14.1 Å². The number of amides is 1. The Bertz CT molecular complexity index is 1110. The number of halogens is 2. The van der Waals surface area contributed by atoms with E-state index in [9.17, 15) is 4.79 Å². The van der Waals surface area contributed by atoms with Gasteiger partial charge in [0.2, 0.25) is 17.6 Å². The number of hydrogen-bond donors (Lipinski definition) is 0. The molecule has 1 aromatic heterocycles. The van der Waals surface area contributed by atoms with E-state index in [1.165, 1.54) is 0 Å². The van der Waals surface area contributed by atoms with Gasteiger partial charge in [-0.1, -0.05) is 28.4 Å². The highest BCUT2D eigenvalue weighted by Gasteiger charge is 2.31. The largest absolute Gasteiger partial charge is 0.492 e. The molecule has 9 heteroatoms. The van der Waals surface area contributed by atoms with Crippen LogP contribution in [0.3, 0.4) is 0 Å². The maximum absolute atomic E-state index is 13.0. The van der Waals surface area contributed by atoms with Crippen molar-refractivity contribution in [1.82, 2.24) is 19.9 Å². The van der Waals surface area contributed by atoms with Crippen LogP contribution in [0.1, 0.15) is 11.5 Å². The first-order chi connectivity index (χ1) is 15.5. The van der Waals surface area contributed by atoms with Gasteiger partial charge in [0.15, 0.2) is 0 Å². The SMILES string of the molecule is O=C(C1COc2ccc(Cl)cc2C1)N1CCN(Cc2nc(-c3ccc(Cl)cc3)no2)CC1. The Morgan fingerprint density at radius 2 is 1.78 bits per heavy atom. The summed E-state index contributed by atoms with van der Waals surface area (Å²) in [4.78, 5) is 21.7. The first-order valence-electron chi connectivity index (χ1n) is 10.6. The fourth-order valence-electron chi connectivity index (χ4n) is 4.13. The maximum Gasteiger partial charge on any atom is 0.241 e. The van der Waals surface area contributed by atoms with Gasteiger partial charge < -0.3 is 14.2 Å². The molecular formula is C23H22Cl2N4O3. The number of piperazine rings is 1. The molecule has 0 radical (unpaired) electrons. The fraction of sp³-hybridized carbons (Fsp3) is 0.348. The van der Waals surface area contributed by atoms with Crippen LogP contribution in [0.5, 0.6) is 5.75 Å². The molecule has 5 rings (SSSR count). The second-order valence-electron chi connectivity index (χ2n) is 8.08. The van der Waals surface area contributed by atoms with Crippen molar-refractivity contribution in [3.05, 3.63) is 64.0 Å². The quantitative estimate of drug-likeness (QED) is 0.572. The fourth-order valence-corrected chi connectivity index (χ4v) is 4.45. The van der Waals surface area contributed by atoms with Gasteiger partial charge >= 0.3 is 0 Å². The van der Waals surface area contributed by atoms with Crippen molar-refractivity contribution in [2.24, 2.45) is 5.92 Å². The van der Waals surface area contributed by atoms with Gasteiger partial charge in [0.05, 0.1) is 12.5 Å². The molecule has 1 unspecified atom stereocenters. The van der Waals surface area contributed by atoms with Crippen molar-refractivity contribution in [2.75, 3.05) is 32.8 Å². The van der Waals surface area contributed by atoms with E-state index in [1.54, 1.807) is 12.1 Å². The number of rotatable bonds is 4. The molecule has 0 N–H and O–H groups in total. The molecular weight excluding hydrogens is 451 g/mol. The summed E-state index contributed by atoms with van der Waals surface area (Å²) < 4.78 is 11.2. The van der Waals surface area contributed by atoms with E-state index in [4.69, 9.17) is 32.5 Å². The molecule has 1 saturated heterocycles. The van der Waals surface area contributed by atoms with Crippen LogP contribution in [-0.2, 0) is 17.8 Å². The summed E-state index contributed by atoms with van der Waals surface area (Å²) in [5.74, 6) is 1.89. The van der Waals surface area contributed by atoms with E-state index in [0.29, 0.717) is 54.4 Å². The number of carbonyl (C=O) groups is 1. The Morgan fingerprint density at radius 3 is 2.56 bits per heavy atom. The van der Waals surface area contributed by atoms with E-state index in [0.717, 1.165) is 30.0 Å². The third-order valence-corrected chi connectivity index (χ3v) is 6.38. The van der Waals surface area contributed by atoms with Crippen LogP contribution < -0.4 is 4.74 Å². The molecule has 1 fully saturated rings. The molecule has 0 aliphatic carbocycles. The summed E-state index contributed by atoms with van der Waals surface area (Å²) in [6.45, 7) is 3.79. The standard InChI is InChI=1S/C23H22Cl2N4O3/c24-18-3-1-15(2-4-18)22-26-21(32-27-22)13-28-7-9-29(10-8-28)23(30)17-11-16-12-19(25)5-6-20(16)31-14-17/h1-6,12,17H,7-11,13-14H2. The van der Waals surface area contributed by atoms with Crippen molar-refractivity contribution in [3.8, 4) is 17.1 Å². The van der Waals surface area contributed by atoms with Crippen LogP contribution >= 0.6 is 23.2 Å². The highest BCUT2D eigenvalue weighted by molar-refractivity contribution is 6.30. The molecule has 2 aliphatic heterocycles. The first-order valence-corrected chi connectivity index (χ1v) is 11.3. The number of ether oxygens (including phenoxy) is 1. The number of hydrogen-bond acceptors (Lipinski definition) is 6. The van der Waals surface area contributed by atoms with E-state index in [1.807, 2.05) is 35.2 Å². The predicted molar refractivity (Wildman–Crippen MR) is 121 cm³/mol. The van der Waals surface area contributed by atoms with Gasteiger partial charge in [-0.2, -0.15) is 4.98 Å². The molecule has 0 saturated carbocycles. The third-order valence-electron chi connectivity index (χ3n) is 5.89. The van der Waals surface area contributed by atoms with E-state index < -0.39 is 0 Å². The lowest BCUT2D eigenvalue weighted by Crippen LogP contribution is -2.51. The van der Waals surface area contributed by atoms with Crippen LogP contribution in [0, 0.1) is 5.92 Å². The van der Waals surface area contributed by atoms with Crippen LogP contribution in [0.4, 0.5) is 0 Å². The number of benzene rings is 2. The van der Waals surface area contributed by atoms with E-state index >= 15 is 0 Å². The number of nitrogens with zero attached hydrogens (tertiary/aromatic N) is 4. The molecule has 2 aliphatic rings. The van der Waals surface area contributed by atoms with Crippen LogP contribution in [0.15, 0.2) is 47.0 Å². The molecule has 166 valence electrons. The van der Waals surface area contributed by atoms with Crippen LogP contribution in [0.2, 0.25) is 10.0 Å². The molecule has 7 nitrogen and oxygen atoms in total. The molecule has 1 amide bonds. The summed E-state index contributed by atoms with van der Waals surface area (Å²) in [6, 6.07) is 12.9. The van der Waals surface area contributed by atoms with Gasteiger partial charge in [-0.25, -0.2) is 0 Å². The number of aromatic nitrogens is 2. The van der Waals surface area contributed by atoms with Gasteiger partial charge in [-0.3, -0.25) is 9.69 Å². The second-order valence-corrected chi connectivity index (χ2v) is 8.96. The van der Waals surface area contributed by atoms with Crippen molar-refractivity contribution in [1.29, 1.82) is 0 Å². The molecule has 2 aromatic carbocycles. The van der Waals surface area contributed by atoms with E-state index in [2.05, 4.69) is 15.0 Å². The highest BCUT2D eigenvalue weighted by atomic mass is 35.5. The normalized spacial score (nSPS) is 18.8. The van der Waals surface area contributed by atoms with E-state index in [-0.39, 0.29) is 11.8 Å². The number of fused-ring (bicyclic) bond motifs is 1. The van der Waals surface area contributed by atoms with Crippen LogP contribution in [-0.4, -0.2) is 58.6 Å². The molecule has 32 heavy (non-hydrogen) atoms. The van der Waals surface area contributed by atoms with Crippen molar-refractivity contribution in [2.45, 2.75) is 13.0 Å². The highest BCUT2D eigenvalue weighted by Crippen LogP contribution is 2.30. The first kappa shape index (κ1) is 21.2. The Kier molecular flexibility index (Phi) is 6.04. The molecule has 0 spiro atoms. The lowest BCUT2D eigenvalue weighted by atomic mass is 9.95. The zero-order chi connectivity index (χ0) is 22.1. The average molecular weight is 473 g/mol. The zero-order valence-electron chi connectivity index (χ0n) is 17.3. The van der Waals surface area contributed by atoms with Gasteiger partial charge in [0.25, 0.3) is 0 Å². The van der Waals surface area contributed by atoms with Crippen molar-refractivity contribution in [3.63, 3.8) is 0 Å². The Hall–Kier alpha value is -2.61. The minimum absolute atomic E-state index is 0.137. The maximum atomic E-state index is 13.0. The van der Waals surface area contributed by atoms with Crippen molar-refractivity contribution >= 4 is 29.1 Å². The topological polar surface area (TPSA) is 71.7 Å². The predicted octanol–water partition coefficient (Wildman–Crippen LogP) is 3.94. The average Bonchev–Trinajstić information content (AvgIpc) is 3.27. The summed E-state index contributed by atoms with van der Waals surface area (Å²) in [7, 11) is 0. The zero-order valence-corrected chi connectivity index (χ0v) is 18.8. The summed E-state index contributed by atoms with van der Waals surface area (Å²) >= 11 is 12.0. The molecule has 3 aromatic rings. The number of carbonyl (C=O) groups excluding carboxylic acids is 1. The third kappa shape index (κ3) is 4.60. The summed E-state index contributed by atoms with van der Waals surface area (Å²) in [6.07, 6.45) is 0.657. The lowest BCUT2D eigenvalue weighted by molar-refractivity contribution is -0.138. The monoisotopic (exact) mass is 472 g/mol. The minimum atomic E-state index is -0.176. The van der Waals surface area contributed by atoms with Gasteiger partial charge in [0.1, 0.15) is 12.4 Å².